The van der Waals surface area contributed by atoms with Crippen molar-refractivity contribution < 1.29 is 4.74 Å². The maximum Gasteiger partial charge on any atom is 0.239 e. The molecular weight excluding hydrogens is 394 g/mol. The SMILES string of the molecule is Nc1ccc(Oc2ncsc2-c2ccnc(NC3CCCCC3)n2)c2ccccc12. The predicted octanol–water partition coefficient (Wildman–Crippen LogP) is 5.87. The van der Waals surface area contributed by atoms with E-state index in [1.54, 1.807) is 11.7 Å². The molecule has 6 nitrogen and oxygen atoms in total. The van der Waals surface area contributed by atoms with E-state index in [1.807, 2.05) is 42.5 Å². The number of nitrogen functional groups attached to an aromatic ring is 1. The average Bonchev–Trinajstić information content (AvgIpc) is 3.25. The second kappa shape index (κ2) is 8.28. The van der Waals surface area contributed by atoms with Crippen LogP contribution in [-0.4, -0.2) is 21.0 Å². The van der Waals surface area contributed by atoms with Crippen LogP contribution in [0.25, 0.3) is 21.3 Å². The van der Waals surface area contributed by atoms with E-state index in [9.17, 15) is 0 Å². The Morgan fingerprint density at radius 2 is 1.80 bits per heavy atom. The van der Waals surface area contributed by atoms with Crippen molar-refractivity contribution in [3.8, 4) is 22.2 Å². The number of nitrogens with one attached hydrogen (secondary N) is 1. The highest BCUT2D eigenvalue weighted by molar-refractivity contribution is 7.13. The van der Waals surface area contributed by atoms with Gasteiger partial charge in [0.2, 0.25) is 11.8 Å². The molecule has 4 aromatic rings. The number of nitrogens with zero attached hydrogens (tertiary/aromatic N) is 3. The molecule has 0 atom stereocenters. The largest absolute Gasteiger partial charge is 0.437 e. The molecule has 0 saturated heterocycles. The normalized spacial score (nSPS) is 14.7. The second-order valence-electron chi connectivity index (χ2n) is 7.53. The van der Waals surface area contributed by atoms with Crippen molar-refractivity contribution in [1.82, 2.24) is 15.0 Å². The summed E-state index contributed by atoms with van der Waals surface area (Å²) in [6.07, 6.45) is 7.98. The first kappa shape index (κ1) is 18.8. The van der Waals surface area contributed by atoms with Gasteiger partial charge in [-0.25, -0.2) is 15.0 Å². The number of thiazole rings is 1. The fourth-order valence-electron chi connectivity index (χ4n) is 3.95. The molecule has 1 aliphatic carbocycles. The Kier molecular flexibility index (Phi) is 5.19. The van der Waals surface area contributed by atoms with E-state index >= 15 is 0 Å². The quantitative estimate of drug-likeness (QED) is 0.395. The van der Waals surface area contributed by atoms with Gasteiger partial charge >= 0.3 is 0 Å². The molecule has 1 fully saturated rings. The van der Waals surface area contributed by atoms with E-state index in [-0.39, 0.29) is 0 Å². The van der Waals surface area contributed by atoms with Crippen LogP contribution in [0.5, 0.6) is 11.6 Å². The minimum absolute atomic E-state index is 0.451. The lowest BCUT2D eigenvalue weighted by atomic mass is 9.96. The highest BCUT2D eigenvalue weighted by Crippen LogP contribution is 2.38. The number of benzene rings is 2. The Bertz CT molecular complexity index is 1170. The lowest BCUT2D eigenvalue weighted by Gasteiger charge is -2.22. The van der Waals surface area contributed by atoms with E-state index in [4.69, 9.17) is 15.5 Å². The Morgan fingerprint density at radius 3 is 2.67 bits per heavy atom. The van der Waals surface area contributed by atoms with Gasteiger partial charge in [0, 0.05) is 28.7 Å². The molecule has 0 bridgehead atoms. The minimum Gasteiger partial charge on any atom is -0.437 e. The van der Waals surface area contributed by atoms with Gasteiger partial charge < -0.3 is 15.8 Å². The topological polar surface area (TPSA) is 86.0 Å². The van der Waals surface area contributed by atoms with Crippen molar-refractivity contribution in [3.63, 3.8) is 0 Å². The summed E-state index contributed by atoms with van der Waals surface area (Å²) in [5.41, 5.74) is 9.43. The minimum atomic E-state index is 0.451. The van der Waals surface area contributed by atoms with E-state index in [1.165, 1.54) is 43.4 Å². The number of fused-ring (bicyclic) bond motifs is 1. The van der Waals surface area contributed by atoms with Crippen LogP contribution in [0.3, 0.4) is 0 Å². The highest BCUT2D eigenvalue weighted by Gasteiger charge is 2.17. The molecule has 2 heterocycles. The molecule has 0 unspecified atom stereocenters. The molecule has 7 heteroatoms. The molecule has 2 aromatic heterocycles. The lowest BCUT2D eigenvalue weighted by molar-refractivity contribution is 0.461. The Labute approximate surface area is 179 Å². The number of nitrogens with two attached hydrogens (primary N) is 1. The van der Waals surface area contributed by atoms with Crippen molar-refractivity contribution in [2.75, 3.05) is 11.1 Å². The van der Waals surface area contributed by atoms with E-state index < -0.39 is 0 Å². The number of ether oxygens (including phenoxy) is 1. The predicted molar refractivity (Wildman–Crippen MR) is 122 cm³/mol. The summed E-state index contributed by atoms with van der Waals surface area (Å²) in [6, 6.07) is 14.0. The molecule has 3 N–H and O–H groups in total. The number of rotatable bonds is 5. The zero-order chi connectivity index (χ0) is 20.3. The summed E-state index contributed by atoms with van der Waals surface area (Å²) in [5.74, 6) is 1.93. The van der Waals surface area contributed by atoms with Crippen molar-refractivity contribution in [2.24, 2.45) is 0 Å². The summed E-state index contributed by atoms with van der Waals surface area (Å²) in [7, 11) is 0. The van der Waals surface area contributed by atoms with E-state index in [2.05, 4.69) is 15.3 Å². The average molecular weight is 418 g/mol. The van der Waals surface area contributed by atoms with Crippen LogP contribution in [0.4, 0.5) is 11.6 Å². The van der Waals surface area contributed by atoms with Gasteiger partial charge in [0.1, 0.15) is 10.6 Å². The Morgan fingerprint density at radius 1 is 0.967 bits per heavy atom. The number of anilines is 2. The van der Waals surface area contributed by atoms with Gasteiger partial charge in [-0.15, -0.1) is 11.3 Å². The third kappa shape index (κ3) is 3.80. The maximum absolute atomic E-state index is 6.22. The fourth-order valence-corrected chi connectivity index (χ4v) is 4.63. The molecule has 30 heavy (non-hydrogen) atoms. The molecule has 0 spiro atoms. The highest BCUT2D eigenvalue weighted by atomic mass is 32.1. The van der Waals surface area contributed by atoms with Crippen molar-refractivity contribution in [2.45, 2.75) is 38.1 Å². The van der Waals surface area contributed by atoms with Crippen molar-refractivity contribution in [1.29, 1.82) is 0 Å². The van der Waals surface area contributed by atoms with Crippen LogP contribution < -0.4 is 15.8 Å². The van der Waals surface area contributed by atoms with Crippen LogP contribution in [0.1, 0.15) is 32.1 Å². The molecule has 0 amide bonds. The molecule has 5 rings (SSSR count). The van der Waals surface area contributed by atoms with Crippen molar-refractivity contribution in [3.05, 3.63) is 54.2 Å². The number of hydrogen-bond donors (Lipinski definition) is 2. The zero-order valence-electron chi connectivity index (χ0n) is 16.5. The summed E-state index contributed by atoms with van der Waals surface area (Å²) in [6.45, 7) is 0. The Balaban J connectivity index is 1.43. The van der Waals surface area contributed by atoms with Crippen LogP contribution in [0.15, 0.2) is 54.2 Å². The number of aromatic nitrogens is 3. The van der Waals surface area contributed by atoms with Crippen LogP contribution in [0, 0.1) is 0 Å². The van der Waals surface area contributed by atoms with Gasteiger partial charge in [-0.2, -0.15) is 0 Å². The first-order valence-corrected chi connectivity index (χ1v) is 11.1. The van der Waals surface area contributed by atoms with Crippen LogP contribution in [0.2, 0.25) is 0 Å². The summed E-state index contributed by atoms with van der Waals surface area (Å²) in [5, 5.41) is 5.41. The summed E-state index contributed by atoms with van der Waals surface area (Å²) < 4.78 is 6.22. The standard InChI is InChI=1S/C23H23N5OS/c24-18-10-11-20(17-9-5-4-8-16(17)18)29-22-21(30-14-26-22)19-12-13-25-23(28-19)27-15-6-2-1-3-7-15/h4-5,8-15H,1-3,6-7,24H2,(H,25,27,28). The fraction of sp³-hybridized carbons (Fsp3) is 0.261. The first-order chi connectivity index (χ1) is 14.8. The monoisotopic (exact) mass is 417 g/mol. The molecule has 1 aliphatic rings. The molecule has 2 aromatic carbocycles. The molecule has 152 valence electrons. The van der Waals surface area contributed by atoms with Gasteiger partial charge in [0.25, 0.3) is 0 Å². The third-order valence-electron chi connectivity index (χ3n) is 5.49. The van der Waals surface area contributed by atoms with Gasteiger partial charge in [0.05, 0.1) is 11.2 Å². The first-order valence-electron chi connectivity index (χ1n) is 10.3. The van der Waals surface area contributed by atoms with Gasteiger partial charge in [0.15, 0.2) is 0 Å². The maximum atomic E-state index is 6.22. The van der Waals surface area contributed by atoms with Gasteiger partial charge in [-0.3, -0.25) is 0 Å². The van der Waals surface area contributed by atoms with Crippen LogP contribution in [-0.2, 0) is 0 Å². The molecular formula is C23H23N5OS. The van der Waals surface area contributed by atoms with E-state index in [0.29, 0.717) is 17.9 Å². The van der Waals surface area contributed by atoms with Gasteiger partial charge in [-0.05, 0) is 31.0 Å². The molecule has 1 saturated carbocycles. The van der Waals surface area contributed by atoms with Gasteiger partial charge in [-0.1, -0.05) is 43.5 Å². The second-order valence-corrected chi connectivity index (χ2v) is 8.39. The molecule has 0 aliphatic heterocycles. The third-order valence-corrected chi connectivity index (χ3v) is 6.32. The summed E-state index contributed by atoms with van der Waals surface area (Å²) in [4.78, 5) is 14.5. The number of hydrogen-bond acceptors (Lipinski definition) is 7. The van der Waals surface area contributed by atoms with E-state index in [0.717, 1.165) is 32.8 Å². The smallest absolute Gasteiger partial charge is 0.239 e. The summed E-state index contributed by atoms with van der Waals surface area (Å²) >= 11 is 1.51. The van der Waals surface area contributed by atoms with Crippen LogP contribution >= 0.6 is 11.3 Å². The van der Waals surface area contributed by atoms with Crippen molar-refractivity contribution >= 4 is 33.7 Å². The lowest BCUT2D eigenvalue weighted by Crippen LogP contribution is -2.23. The zero-order valence-corrected chi connectivity index (χ0v) is 17.4. The molecule has 0 radical (unpaired) electrons. The Hall–Kier alpha value is -3.19.